The van der Waals surface area contributed by atoms with Crippen LogP contribution in [0.1, 0.15) is 19.8 Å². The molecule has 7 heteroatoms. The molecule has 0 bridgehead atoms. The lowest BCUT2D eigenvalue weighted by Crippen LogP contribution is -2.51. The summed E-state index contributed by atoms with van der Waals surface area (Å²) in [6.07, 6.45) is 1.90. The van der Waals surface area contributed by atoms with Crippen molar-refractivity contribution < 1.29 is 13.2 Å². The van der Waals surface area contributed by atoms with Crippen molar-refractivity contribution in [1.82, 2.24) is 4.31 Å². The molecule has 108 valence electrons. The second kappa shape index (κ2) is 5.78. The third-order valence-corrected chi connectivity index (χ3v) is 7.01. The number of piperidine rings is 1. The van der Waals surface area contributed by atoms with Crippen molar-refractivity contribution in [3.8, 4) is 5.75 Å². The van der Waals surface area contributed by atoms with Crippen LogP contribution < -0.4 is 10.5 Å². The summed E-state index contributed by atoms with van der Waals surface area (Å²) in [7, 11) is -2.02. The quantitative estimate of drug-likeness (QED) is 0.915. The minimum Gasteiger partial charge on any atom is -0.494 e. The summed E-state index contributed by atoms with van der Waals surface area (Å²) >= 11 is 1.19. The van der Waals surface area contributed by atoms with Crippen molar-refractivity contribution in [2.75, 3.05) is 20.2 Å². The highest BCUT2D eigenvalue weighted by Crippen LogP contribution is 2.35. The summed E-state index contributed by atoms with van der Waals surface area (Å²) in [6.45, 7) is 2.95. The van der Waals surface area contributed by atoms with Crippen LogP contribution in [-0.4, -0.2) is 39.0 Å². The second-order valence-corrected chi connectivity index (χ2v) is 7.82. The lowest BCUT2D eigenvalue weighted by atomic mass is 9.93. The van der Waals surface area contributed by atoms with Crippen molar-refractivity contribution >= 4 is 21.4 Å². The molecule has 2 rings (SSSR count). The zero-order valence-corrected chi connectivity index (χ0v) is 12.8. The highest BCUT2D eigenvalue weighted by molar-refractivity contribution is 7.91. The highest BCUT2D eigenvalue weighted by Gasteiger charge is 2.38. The average molecular weight is 304 g/mol. The van der Waals surface area contributed by atoms with Crippen LogP contribution in [0.4, 0.5) is 0 Å². The Bertz CT molecular complexity index is 527. The Labute approximate surface area is 118 Å². The second-order valence-electron chi connectivity index (χ2n) is 4.81. The molecule has 2 unspecified atom stereocenters. The van der Waals surface area contributed by atoms with Crippen molar-refractivity contribution in [3.05, 3.63) is 11.4 Å². The van der Waals surface area contributed by atoms with E-state index in [9.17, 15) is 8.42 Å². The molecular formula is C12H20N2O3S2. The molecule has 0 aliphatic carbocycles. The first-order chi connectivity index (χ1) is 9.02. The third kappa shape index (κ3) is 2.65. The van der Waals surface area contributed by atoms with Gasteiger partial charge in [0.15, 0.2) is 4.21 Å². The van der Waals surface area contributed by atoms with Crippen LogP contribution in [0.3, 0.4) is 0 Å². The Hall–Kier alpha value is -0.630. The van der Waals surface area contributed by atoms with Gasteiger partial charge in [0.05, 0.1) is 7.11 Å². The molecule has 5 nitrogen and oxygen atoms in total. The number of nitrogens with zero attached hydrogens (tertiary/aromatic N) is 1. The van der Waals surface area contributed by atoms with E-state index in [1.165, 1.54) is 18.4 Å². The van der Waals surface area contributed by atoms with Gasteiger partial charge in [-0.15, -0.1) is 11.3 Å². The van der Waals surface area contributed by atoms with Crippen LogP contribution in [-0.2, 0) is 10.0 Å². The topological polar surface area (TPSA) is 72.6 Å². The smallest absolute Gasteiger partial charge is 0.256 e. The van der Waals surface area contributed by atoms with Crippen LogP contribution in [0.15, 0.2) is 15.7 Å². The van der Waals surface area contributed by atoms with Gasteiger partial charge in [0.25, 0.3) is 10.0 Å². The maximum Gasteiger partial charge on any atom is 0.256 e. The van der Waals surface area contributed by atoms with Gasteiger partial charge < -0.3 is 10.5 Å². The fraction of sp³-hybridized carbons (Fsp3) is 0.667. The van der Waals surface area contributed by atoms with Gasteiger partial charge in [0, 0.05) is 19.1 Å². The number of thiophene rings is 1. The van der Waals surface area contributed by atoms with E-state index < -0.39 is 10.0 Å². The maximum atomic E-state index is 12.7. The molecule has 1 aliphatic heterocycles. The van der Waals surface area contributed by atoms with E-state index in [0.717, 1.165) is 12.8 Å². The number of hydrogen-bond donors (Lipinski definition) is 1. The van der Waals surface area contributed by atoms with Gasteiger partial charge >= 0.3 is 0 Å². The summed E-state index contributed by atoms with van der Waals surface area (Å²) in [5.41, 5.74) is 5.77. The van der Waals surface area contributed by atoms with Crippen LogP contribution in [0.2, 0.25) is 0 Å². The summed E-state index contributed by atoms with van der Waals surface area (Å²) in [6, 6.07) is 1.56. The Balaban J connectivity index is 2.38. The Morgan fingerprint density at radius 3 is 2.95 bits per heavy atom. The Kier molecular flexibility index (Phi) is 4.50. The molecule has 0 amide bonds. The molecule has 0 saturated carbocycles. The van der Waals surface area contributed by atoms with Gasteiger partial charge in [0.1, 0.15) is 5.75 Å². The molecule has 1 saturated heterocycles. The molecule has 19 heavy (non-hydrogen) atoms. The van der Waals surface area contributed by atoms with Crippen LogP contribution in [0.25, 0.3) is 0 Å². The summed E-state index contributed by atoms with van der Waals surface area (Å²) in [5, 5.41) is 1.73. The molecule has 1 aromatic heterocycles. The zero-order valence-electron chi connectivity index (χ0n) is 11.2. The van der Waals surface area contributed by atoms with Gasteiger partial charge in [-0.1, -0.05) is 6.92 Å². The molecular weight excluding hydrogens is 284 g/mol. The van der Waals surface area contributed by atoms with Gasteiger partial charge in [-0.05, 0) is 30.2 Å². The molecule has 1 aromatic rings. The van der Waals surface area contributed by atoms with E-state index in [1.807, 2.05) is 0 Å². The molecule has 2 N–H and O–H groups in total. The van der Waals surface area contributed by atoms with E-state index in [4.69, 9.17) is 10.5 Å². The van der Waals surface area contributed by atoms with Crippen molar-refractivity contribution in [3.63, 3.8) is 0 Å². The van der Waals surface area contributed by atoms with E-state index in [1.54, 1.807) is 15.8 Å². The van der Waals surface area contributed by atoms with Gasteiger partial charge in [-0.2, -0.15) is 4.31 Å². The Morgan fingerprint density at radius 1 is 1.58 bits per heavy atom. The predicted octanol–water partition coefficient (Wildman–Crippen LogP) is 1.50. The fourth-order valence-corrected chi connectivity index (χ4v) is 5.75. The summed E-state index contributed by atoms with van der Waals surface area (Å²) < 4.78 is 32.5. The molecule has 2 atom stereocenters. The largest absolute Gasteiger partial charge is 0.494 e. The van der Waals surface area contributed by atoms with Crippen LogP contribution in [0.5, 0.6) is 5.75 Å². The van der Waals surface area contributed by atoms with Crippen LogP contribution in [0, 0.1) is 5.92 Å². The lowest BCUT2D eigenvalue weighted by Gasteiger charge is -2.38. The highest BCUT2D eigenvalue weighted by atomic mass is 32.2. The van der Waals surface area contributed by atoms with Crippen molar-refractivity contribution in [1.29, 1.82) is 0 Å². The summed E-state index contributed by atoms with van der Waals surface area (Å²) in [5.74, 6) is 0.707. The third-order valence-electron chi connectivity index (χ3n) is 3.66. The molecule has 1 aliphatic rings. The van der Waals surface area contributed by atoms with Gasteiger partial charge in [-0.25, -0.2) is 8.42 Å². The number of methoxy groups -OCH3 is 1. The molecule has 0 spiro atoms. The average Bonchev–Trinajstić information content (AvgIpc) is 2.87. The molecule has 1 fully saturated rings. The van der Waals surface area contributed by atoms with Crippen LogP contribution >= 0.6 is 11.3 Å². The fourth-order valence-electron chi connectivity index (χ4n) is 2.59. The number of nitrogens with two attached hydrogens (primary N) is 1. The minimum atomic E-state index is -3.51. The summed E-state index contributed by atoms with van der Waals surface area (Å²) in [4.78, 5) is 0. The predicted molar refractivity (Wildman–Crippen MR) is 76.0 cm³/mol. The minimum absolute atomic E-state index is 0.120. The van der Waals surface area contributed by atoms with Crippen molar-refractivity contribution in [2.45, 2.75) is 30.0 Å². The standard InChI is InChI=1S/C12H20N2O3S2/c1-9-4-3-6-14(10(9)8-13)19(15,16)12-11(17-2)5-7-18-12/h5,7,9-10H,3-4,6,8,13H2,1-2H3. The zero-order chi connectivity index (χ0) is 14.0. The number of ether oxygens (including phenoxy) is 1. The SMILES string of the molecule is COc1ccsc1S(=O)(=O)N1CCCC(C)C1CN. The molecule has 0 radical (unpaired) electrons. The normalized spacial score (nSPS) is 25.4. The molecule has 2 heterocycles. The van der Waals surface area contributed by atoms with E-state index in [-0.39, 0.29) is 10.3 Å². The maximum absolute atomic E-state index is 12.7. The van der Waals surface area contributed by atoms with E-state index >= 15 is 0 Å². The van der Waals surface area contributed by atoms with Gasteiger partial charge in [-0.3, -0.25) is 0 Å². The number of rotatable bonds is 4. The van der Waals surface area contributed by atoms with E-state index in [0.29, 0.717) is 24.8 Å². The number of sulfonamides is 1. The monoisotopic (exact) mass is 304 g/mol. The molecule has 0 aromatic carbocycles. The lowest BCUT2D eigenvalue weighted by molar-refractivity contribution is 0.192. The number of hydrogen-bond acceptors (Lipinski definition) is 5. The van der Waals surface area contributed by atoms with Gasteiger partial charge in [0.2, 0.25) is 0 Å². The van der Waals surface area contributed by atoms with E-state index in [2.05, 4.69) is 6.92 Å². The van der Waals surface area contributed by atoms with Crippen molar-refractivity contribution in [2.24, 2.45) is 11.7 Å². The first-order valence-corrected chi connectivity index (χ1v) is 8.67. The first kappa shape index (κ1) is 14.8. The Morgan fingerprint density at radius 2 is 2.32 bits per heavy atom. The first-order valence-electron chi connectivity index (χ1n) is 6.35.